The second-order valence-corrected chi connectivity index (χ2v) is 8.46. The number of rotatable bonds is 6. The summed E-state index contributed by atoms with van der Waals surface area (Å²) >= 11 is 0. The van der Waals surface area contributed by atoms with Gasteiger partial charge in [0.25, 0.3) is 5.69 Å². The summed E-state index contributed by atoms with van der Waals surface area (Å²) in [6.45, 7) is 1.11. The molecule has 27 heavy (non-hydrogen) atoms. The zero-order valence-corrected chi connectivity index (χ0v) is 15.3. The zero-order chi connectivity index (χ0) is 19.8. The van der Waals surface area contributed by atoms with Crippen molar-refractivity contribution < 1.29 is 22.1 Å². The van der Waals surface area contributed by atoms with Crippen LogP contribution in [-0.2, 0) is 23.3 Å². The smallest absolute Gasteiger partial charge is 0.341 e. The number of benzene rings is 1. The van der Waals surface area contributed by atoms with Crippen molar-refractivity contribution in [2.24, 2.45) is 13.0 Å². The largest absolute Gasteiger partial charge is 0.366 e. The highest BCUT2D eigenvalue weighted by Crippen LogP contribution is 2.35. The van der Waals surface area contributed by atoms with E-state index >= 15 is 0 Å². The zero-order valence-electron chi connectivity index (χ0n) is 14.5. The van der Waals surface area contributed by atoms with E-state index < -0.39 is 31.1 Å². The fourth-order valence-corrected chi connectivity index (χ4v) is 4.06. The predicted octanol–water partition coefficient (Wildman–Crippen LogP) is 2.39. The molecule has 1 aromatic heterocycles. The third-order valence-corrected chi connectivity index (χ3v) is 6.00. The van der Waals surface area contributed by atoms with Crippen molar-refractivity contribution in [3.63, 3.8) is 0 Å². The quantitative estimate of drug-likeness (QED) is 0.545. The minimum absolute atomic E-state index is 0.238. The van der Waals surface area contributed by atoms with Gasteiger partial charge in [-0.05, 0) is 36.5 Å². The molecule has 2 aromatic rings. The van der Waals surface area contributed by atoms with Crippen LogP contribution in [0.15, 0.2) is 35.5 Å². The van der Waals surface area contributed by atoms with E-state index in [0.717, 1.165) is 24.5 Å². The van der Waals surface area contributed by atoms with Gasteiger partial charge in [-0.3, -0.25) is 14.8 Å². The van der Waals surface area contributed by atoms with E-state index in [1.165, 1.54) is 6.07 Å². The summed E-state index contributed by atoms with van der Waals surface area (Å²) in [5, 5.41) is 15.5. The molecule has 0 saturated carbocycles. The Morgan fingerprint density at radius 1 is 1.41 bits per heavy atom. The molecule has 1 aliphatic heterocycles. The summed E-state index contributed by atoms with van der Waals surface area (Å²) in [5.41, 5.74) is 0.817. The van der Waals surface area contributed by atoms with Crippen LogP contribution in [0, 0.1) is 16.0 Å². The highest BCUT2D eigenvalue weighted by molar-refractivity contribution is 7.91. The van der Waals surface area contributed by atoms with Crippen molar-refractivity contribution in [2.75, 3.05) is 18.0 Å². The standard InChI is InChI=1S/C16H18F2N4O4S/c1-20-9-12(8-19-20)6-11-4-5-21(10-11)14-3-2-13(7-15(14)22(23)24)27(25,26)16(17)18/h2-3,7-9,11,16H,4-6,10H2,1H3. The average Bonchev–Trinajstić information content (AvgIpc) is 3.23. The maximum Gasteiger partial charge on any atom is 0.341 e. The number of hydrogen-bond donors (Lipinski definition) is 0. The van der Waals surface area contributed by atoms with Crippen LogP contribution in [0.25, 0.3) is 0 Å². The summed E-state index contributed by atoms with van der Waals surface area (Å²) in [5.74, 6) is -3.36. The van der Waals surface area contributed by atoms with Gasteiger partial charge in [-0.1, -0.05) is 0 Å². The van der Waals surface area contributed by atoms with E-state index in [-0.39, 0.29) is 11.6 Å². The lowest BCUT2D eigenvalue weighted by atomic mass is 10.0. The molecule has 1 fully saturated rings. The Labute approximate surface area is 154 Å². The lowest BCUT2D eigenvalue weighted by Crippen LogP contribution is -2.21. The van der Waals surface area contributed by atoms with Crippen LogP contribution in [-0.4, -0.2) is 42.0 Å². The molecule has 0 radical (unpaired) electrons. The fraction of sp³-hybridized carbons (Fsp3) is 0.438. The van der Waals surface area contributed by atoms with Crippen molar-refractivity contribution in [1.29, 1.82) is 0 Å². The fourth-order valence-electron chi connectivity index (χ4n) is 3.33. The number of nitro groups is 1. The number of hydrogen-bond acceptors (Lipinski definition) is 6. The van der Waals surface area contributed by atoms with Gasteiger partial charge in [0.05, 0.1) is 16.0 Å². The van der Waals surface area contributed by atoms with Gasteiger partial charge in [-0.15, -0.1) is 0 Å². The summed E-state index contributed by atoms with van der Waals surface area (Å²) < 4.78 is 50.3. The Morgan fingerprint density at radius 3 is 2.74 bits per heavy atom. The molecule has 8 nitrogen and oxygen atoms in total. The van der Waals surface area contributed by atoms with E-state index in [1.54, 1.807) is 15.8 Å². The minimum Gasteiger partial charge on any atom is -0.366 e. The normalized spacial score (nSPS) is 17.6. The number of nitro benzene ring substituents is 1. The monoisotopic (exact) mass is 400 g/mol. The van der Waals surface area contributed by atoms with Gasteiger partial charge < -0.3 is 4.90 Å². The van der Waals surface area contributed by atoms with Gasteiger partial charge in [0.2, 0.25) is 9.84 Å². The predicted molar refractivity (Wildman–Crippen MR) is 93.5 cm³/mol. The molecule has 0 N–H and O–H groups in total. The van der Waals surface area contributed by atoms with E-state index in [2.05, 4.69) is 5.10 Å². The van der Waals surface area contributed by atoms with E-state index in [4.69, 9.17) is 0 Å². The summed E-state index contributed by atoms with van der Waals surface area (Å²) in [6, 6.07) is 2.95. The lowest BCUT2D eigenvalue weighted by molar-refractivity contribution is -0.384. The number of sulfone groups is 1. The van der Waals surface area contributed by atoms with Crippen LogP contribution < -0.4 is 4.90 Å². The number of anilines is 1. The summed E-state index contributed by atoms with van der Waals surface area (Å²) in [6.07, 6.45) is 5.27. The molecule has 1 unspecified atom stereocenters. The molecule has 11 heteroatoms. The number of aryl methyl sites for hydroxylation is 1. The van der Waals surface area contributed by atoms with Crippen LogP contribution in [0.3, 0.4) is 0 Å². The first-order valence-electron chi connectivity index (χ1n) is 8.21. The minimum atomic E-state index is -4.89. The first-order valence-corrected chi connectivity index (χ1v) is 9.76. The van der Waals surface area contributed by atoms with Crippen molar-refractivity contribution in [2.45, 2.75) is 23.5 Å². The van der Waals surface area contributed by atoms with Gasteiger partial charge in [-0.25, -0.2) is 8.42 Å². The molecular weight excluding hydrogens is 382 g/mol. The van der Waals surface area contributed by atoms with E-state index in [9.17, 15) is 27.3 Å². The Morgan fingerprint density at radius 2 is 2.15 bits per heavy atom. The van der Waals surface area contributed by atoms with Crippen molar-refractivity contribution >= 4 is 21.2 Å². The van der Waals surface area contributed by atoms with E-state index in [1.807, 2.05) is 13.2 Å². The first-order chi connectivity index (χ1) is 12.7. The highest BCUT2D eigenvalue weighted by atomic mass is 32.2. The molecule has 3 rings (SSSR count). The van der Waals surface area contributed by atoms with Gasteiger partial charge in [0.15, 0.2) is 0 Å². The molecule has 1 aliphatic rings. The first kappa shape index (κ1) is 19.2. The van der Waals surface area contributed by atoms with Crippen molar-refractivity contribution in [3.8, 4) is 0 Å². The second kappa shape index (κ2) is 7.22. The topological polar surface area (TPSA) is 98.3 Å². The third-order valence-electron chi connectivity index (χ3n) is 4.62. The van der Waals surface area contributed by atoms with Gasteiger partial charge in [-0.2, -0.15) is 13.9 Å². The number of alkyl halides is 2. The molecule has 2 heterocycles. The Balaban J connectivity index is 1.83. The Hall–Kier alpha value is -2.56. The molecule has 0 bridgehead atoms. The molecule has 146 valence electrons. The number of halogens is 2. The average molecular weight is 400 g/mol. The van der Waals surface area contributed by atoms with Crippen LogP contribution >= 0.6 is 0 Å². The molecule has 1 aromatic carbocycles. The number of nitrogens with zero attached hydrogens (tertiary/aromatic N) is 4. The Kier molecular flexibility index (Phi) is 5.13. The van der Waals surface area contributed by atoms with Crippen molar-refractivity contribution in [3.05, 3.63) is 46.3 Å². The maximum atomic E-state index is 12.7. The third kappa shape index (κ3) is 3.92. The maximum absolute atomic E-state index is 12.7. The van der Waals surface area contributed by atoms with Crippen LogP contribution in [0.4, 0.5) is 20.2 Å². The van der Waals surface area contributed by atoms with Crippen LogP contribution in [0.5, 0.6) is 0 Å². The molecule has 0 spiro atoms. The molecule has 1 atom stereocenters. The molecular formula is C16H18F2N4O4S. The highest BCUT2D eigenvalue weighted by Gasteiger charge is 2.32. The SMILES string of the molecule is Cn1cc(CC2CCN(c3ccc(S(=O)(=O)C(F)F)cc3[N+](=O)[O-])C2)cn1. The van der Waals surface area contributed by atoms with E-state index in [0.29, 0.717) is 19.2 Å². The van der Waals surface area contributed by atoms with Gasteiger partial charge in [0, 0.05) is 32.4 Å². The van der Waals surface area contributed by atoms with Crippen LogP contribution in [0.1, 0.15) is 12.0 Å². The van der Waals surface area contributed by atoms with Crippen molar-refractivity contribution in [1.82, 2.24) is 9.78 Å². The Bertz CT molecular complexity index is 961. The van der Waals surface area contributed by atoms with Gasteiger partial charge >= 0.3 is 5.76 Å². The van der Waals surface area contributed by atoms with Crippen LogP contribution in [0.2, 0.25) is 0 Å². The summed E-state index contributed by atoms with van der Waals surface area (Å²) in [4.78, 5) is 11.7. The second-order valence-electron chi connectivity index (χ2n) is 6.54. The van der Waals surface area contributed by atoms with Gasteiger partial charge in [0.1, 0.15) is 5.69 Å². The molecule has 0 aliphatic carbocycles. The lowest BCUT2D eigenvalue weighted by Gasteiger charge is -2.19. The molecule has 1 saturated heterocycles. The summed E-state index contributed by atoms with van der Waals surface area (Å²) in [7, 11) is -3.07. The number of aromatic nitrogens is 2. The molecule has 0 amide bonds.